The Bertz CT molecular complexity index is 1070. The van der Waals surface area contributed by atoms with Gasteiger partial charge in [0.05, 0.1) is 4.92 Å². The number of nitrogens with zero attached hydrogens (tertiary/aromatic N) is 1. The van der Waals surface area contributed by atoms with Gasteiger partial charge in [-0.1, -0.05) is 35.9 Å². The molecule has 2 N–H and O–H groups in total. The van der Waals surface area contributed by atoms with Crippen molar-refractivity contribution < 1.29 is 14.5 Å². The number of benzene rings is 3. The standard InChI is InChI=1S/C20H14ClN3O4/c21-14-6-4-8-16(12-14)22-19(25)13-5-3-7-15(11-13)23-20(26)17-9-1-2-10-18(17)24(27)28/h1-12H,(H,22,25)(H,23,26). The van der Waals surface area contributed by atoms with Gasteiger partial charge in [-0.15, -0.1) is 0 Å². The van der Waals surface area contributed by atoms with Crippen LogP contribution in [0.1, 0.15) is 20.7 Å². The molecule has 0 saturated carbocycles. The van der Waals surface area contributed by atoms with Crippen LogP contribution in [0.2, 0.25) is 5.02 Å². The molecule has 0 aromatic heterocycles. The summed E-state index contributed by atoms with van der Waals surface area (Å²) in [6.07, 6.45) is 0. The normalized spacial score (nSPS) is 10.2. The average Bonchev–Trinajstić information content (AvgIpc) is 2.68. The lowest BCUT2D eigenvalue weighted by molar-refractivity contribution is -0.385. The Labute approximate surface area is 165 Å². The van der Waals surface area contributed by atoms with Crippen LogP contribution in [0.4, 0.5) is 17.1 Å². The van der Waals surface area contributed by atoms with Crippen molar-refractivity contribution in [1.82, 2.24) is 0 Å². The molecular weight excluding hydrogens is 382 g/mol. The molecule has 0 fully saturated rings. The highest BCUT2D eigenvalue weighted by Crippen LogP contribution is 2.21. The van der Waals surface area contributed by atoms with E-state index in [0.29, 0.717) is 22.0 Å². The Balaban J connectivity index is 1.77. The van der Waals surface area contributed by atoms with Crippen molar-refractivity contribution in [2.75, 3.05) is 10.6 Å². The first-order chi connectivity index (χ1) is 13.4. The fourth-order valence-corrected chi connectivity index (χ4v) is 2.72. The van der Waals surface area contributed by atoms with E-state index < -0.39 is 10.8 Å². The van der Waals surface area contributed by atoms with Gasteiger partial charge in [0.2, 0.25) is 0 Å². The van der Waals surface area contributed by atoms with E-state index in [2.05, 4.69) is 10.6 Å². The van der Waals surface area contributed by atoms with Gasteiger partial charge in [-0.25, -0.2) is 0 Å². The van der Waals surface area contributed by atoms with Gasteiger partial charge in [-0.3, -0.25) is 19.7 Å². The van der Waals surface area contributed by atoms with Crippen LogP contribution < -0.4 is 10.6 Å². The number of nitro benzene ring substituents is 1. The minimum Gasteiger partial charge on any atom is -0.322 e. The van der Waals surface area contributed by atoms with E-state index in [1.54, 1.807) is 42.5 Å². The molecule has 0 atom stereocenters. The zero-order valence-electron chi connectivity index (χ0n) is 14.4. The van der Waals surface area contributed by atoms with Gasteiger partial charge in [0.15, 0.2) is 0 Å². The van der Waals surface area contributed by atoms with Gasteiger partial charge in [0.25, 0.3) is 17.5 Å². The number of hydrogen-bond donors (Lipinski definition) is 2. The van der Waals surface area contributed by atoms with Crippen molar-refractivity contribution in [2.45, 2.75) is 0 Å². The van der Waals surface area contributed by atoms with Crippen LogP contribution in [0.5, 0.6) is 0 Å². The number of rotatable bonds is 5. The quantitative estimate of drug-likeness (QED) is 0.480. The number of para-hydroxylation sites is 1. The number of carbonyl (C=O) groups excluding carboxylic acids is 2. The largest absolute Gasteiger partial charge is 0.322 e. The molecule has 3 aromatic carbocycles. The first-order valence-corrected chi connectivity index (χ1v) is 8.53. The highest BCUT2D eigenvalue weighted by molar-refractivity contribution is 6.31. The molecule has 0 bridgehead atoms. The molecule has 0 aliphatic carbocycles. The topological polar surface area (TPSA) is 101 Å². The van der Waals surface area contributed by atoms with Crippen LogP contribution in [0.15, 0.2) is 72.8 Å². The van der Waals surface area contributed by atoms with Crippen LogP contribution in [0.3, 0.4) is 0 Å². The summed E-state index contributed by atoms with van der Waals surface area (Å²) in [5, 5.41) is 16.9. The molecule has 7 nitrogen and oxygen atoms in total. The van der Waals surface area contributed by atoms with Crippen molar-refractivity contribution >= 4 is 40.5 Å². The van der Waals surface area contributed by atoms with Crippen molar-refractivity contribution in [2.24, 2.45) is 0 Å². The number of hydrogen-bond acceptors (Lipinski definition) is 4. The van der Waals surface area contributed by atoms with Crippen LogP contribution in [0.25, 0.3) is 0 Å². The van der Waals surface area contributed by atoms with Crippen LogP contribution in [-0.4, -0.2) is 16.7 Å². The van der Waals surface area contributed by atoms with Crippen LogP contribution in [0, 0.1) is 10.1 Å². The maximum Gasteiger partial charge on any atom is 0.282 e. The highest BCUT2D eigenvalue weighted by atomic mass is 35.5. The summed E-state index contributed by atoms with van der Waals surface area (Å²) in [4.78, 5) is 35.3. The van der Waals surface area contributed by atoms with Crippen molar-refractivity contribution in [3.05, 3.63) is 99.1 Å². The number of carbonyl (C=O) groups is 2. The summed E-state index contributed by atoms with van der Waals surface area (Å²) in [6.45, 7) is 0. The molecule has 28 heavy (non-hydrogen) atoms. The Kier molecular flexibility index (Phi) is 5.67. The van der Waals surface area contributed by atoms with E-state index in [1.165, 1.54) is 30.3 Å². The van der Waals surface area contributed by atoms with Crippen molar-refractivity contribution in [1.29, 1.82) is 0 Å². The molecule has 0 unspecified atom stereocenters. The van der Waals surface area contributed by atoms with E-state index in [-0.39, 0.29) is 17.2 Å². The number of nitrogens with one attached hydrogen (secondary N) is 2. The maximum absolute atomic E-state index is 12.4. The summed E-state index contributed by atoms with van der Waals surface area (Å²) in [5.74, 6) is -1.02. The Hall–Kier alpha value is -3.71. The molecule has 0 saturated heterocycles. The molecular formula is C20H14ClN3O4. The smallest absolute Gasteiger partial charge is 0.282 e. The lowest BCUT2D eigenvalue weighted by Gasteiger charge is -2.09. The molecule has 3 aromatic rings. The number of halogens is 1. The zero-order chi connectivity index (χ0) is 20.1. The Morgan fingerprint density at radius 3 is 2.18 bits per heavy atom. The van der Waals surface area contributed by atoms with Crippen LogP contribution >= 0.6 is 11.6 Å². The third-order valence-corrected chi connectivity index (χ3v) is 4.05. The minimum absolute atomic E-state index is 0.0683. The molecule has 0 radical (unpaired) electrons. The monoisotopic (exact) mass is 395 g/mol. The molecule has 3 rings (SSSR count). The number of anilines is 2. The average molecular weight is 396 g/mol. The lowest BCUT2D eigenvalue weighted by atomic mass is 10.1. The summed E-state index contributed by atoms with van der Waals surface area (Å²) in [5.41, 5.74) is 0.810. The maximum atomic E-state index is 12.4. The fourth-order valence-electron chi connectivity index (χ4n) is 2.53. The third kappa shape index (κ3) is 4.52. The zero-order valence-corrected chi connectivity index (χ0v) is 15.1. The van der Waals surface area contributed by atoms with Gasteiger partial charge in [0.1, 0.15) is 5.56 Å². The predicted molar refractivity (Wildman–Crippen MR) is 107 cm³/mol. The number of nitro groups is 1. The van der Waals surface area contributed by atoms with Crippen molar-refractivity contribution in [3.63, 3.8) is 0 Å². The van der Waals surface area contributed by atoms with E-state index in [9.17, 15) is 19.7 Å². The summed E-state index contributed by atoms with van der Waals surface area (Å²) in [6, 6.07) is 18.6. The molecule has 0 heterocycles. The summed E-state index contributed by atoms with van der Waals surface area (Å²) in [7, 11) is 0. The summed E-state index contributed by atoms with van der Waals surface area (Å²) >= 11 is 5.90. The van der Waals surface area contributed by atoms with E-state index in [0.717, 1.165) is 0 Å². The lowest BCUT2D eigenvalue weighted by Crippen LogP contribution is -2.15. The van der Waals surface area contributed by atoms with Gasteiger partial charge in [0, 0.05) is 28.0 Å². The van der Waals surface area contributed by atoms with Gasteiger partial charge in [-0.05, 0) is 42.5 Å². The third-order valence-electron chi connectivity index (χ3n) is 3.81. The first kappa shape index (κ1) is 19.1. The van der Waals surface area contributed by atoms with Gasteiger partial charge in [-0.2, -0.15) is 0 Å². The summed E-state index contributed by atoms with van der Waals surface area (Å²) < 4.78 is 0. The van der Waals surface area contributed by atoms with E-state index in [1.807, 2.05) is 0 Å². The molecule has 0 aliphatic heterocycles. The molecule has 0 spiro atoms. The van der Waals surface area contributed by atoms with Gasteiger partial charge < -0.3 is 10.6 Å². The van der Waals surface area contributed by atoms with Crippen molar-refractivity contribution in [3.8, 4) is 0 Å². The SMILES string of the molecule is O=C(Nc1cccc(Cl)c1)c1cccc(NC(=O)c2ccccc2[N+](=O)[O-])c1. The highest BCUT2D eigenvalue weighted by Gasteiger charge is 2.19. The minimum atomic E-state index is -0.639. The molecule has 2 amide bonds. The number of amides is 2. The van der Waals surface area contributed by atoms with Crippen LogP contribution in [-0.2, 0) is 0 Å². The molecule has 8 heteroatoms. The predicted octanol–water partition coefficient (Wildman–Crippen LogP) is 4.75. The second-order valence-electron chi connectivity index (χ2n) is 5.77. The molecule has 140 valence electrons. The van der Waals surface area contributed by atoms with Gasteiger partial charge >= 0.3 is 0 Å². The fraction of sp³-hybridized carbons (Fsp3) is 0. The molecule has 0 aliphatic rings. The second-order valence-corrected chi connectivity index (χ2v) is 6.21. The first-order valence-electron chi connectivity index (χ1n) is 8.16. The Morgan fingerprint density at radius 1 is 0.821 bits per heavy atom. The van der Waals surface area contributed by atoms with E-state index in [4.69, 9.17) is 11.6 Å². The Morgan fingerprint density at radius 2 is 1.46 bits per heavy atom. The second kappa shape index (κ2) is 8.32. The van der Waals surface area contributed by atoms with E-state index >= 15 is 0 Å².